The number of amides is 1. The Morgan fingerprint density at radius 1 is 1.43 bits per heavy atom. The van der Waals surface area contributed by atoms with Crippen molar-refractivity contribution < 1.29 is 9.53 Å². The third-order valence-electron chi connectivity index (χ3n) is 3.37. The van der Waals surface area contributed by atoms with Crippen LogP contribution in [0.25, 0.3) is 0 Å². The minimum absolute atomic E-state index is 0.363. The number of imidazole rings is 1. The molecule has 1 saturated carbocycles. The molecule has 1 aromatic rings. The molecule has 0 radical (unpaired) electrons. The molecule has 118 valence electrons. The fourth-order valence-electron chi connectivity index (χ4n) is 2.19. The summed E-state index contributed by atoms with van der Waals surface area (Å²) >= 11 is 4.60. The van der Waals surface area contributed by atoms with E-state index in [4.69, 9.17) is 4.74 Å². The van der Waals surface area contributed by atoms with Crippen LogP contribution in [0, 0.1) is 7.40 Å². The van der Waals surface area contributed by atoms with Crippen molar-refractivity contribution >= 4 is 51.3 Å². The molecule has 21 heavy (non-hydrogen) atoms. The van der Waals surface area contributed by atoms with Crippen LogP contribution in [0.3, 0.4) is 0 Å². The number of ether oxygens (including phenoxy) is 1. The first kappa shape index (κ1) is 17.3. The van der Waals surface area contributed by atoms with Crippen molar-refractivity contribution in [3.8, 4) is 0 Å². The molecule has 0 aliphatic heterocycles. The van der Waals surface area contributed by atoms with Crippen LogP contribution in [0.15, 0.2) is 0 Å². The van der Waals surface area contributed by atoms with Crippen molar-refractivity contribution in [3.05, 3.63) is 13.2 Å². The van der Waals surface area contributed by atoms with Crippen LogP contribution in [0.4, 0.5) is 4.79 Å². The Morgan fingerprint density at radius 2 is 2.10 bits per heavy atom. The molecule has 0 aromatic carbocycles. The smallest absolute Gasteiger partial charge is 0.407 e. The Hall–Kier alpha value is -0.0600. The monoisotopic (exact) mass is 517 g/mol. The molecule has 0 spiro atoms. The number of aromatic nitrogens is 2. The highest BCUT2D eigenvalue weighted by Crippen LogP contribution is 2.37. The van der Waals surface area contributed by atoms with E-state index in [2.05, 4.69) is 60.0 Å². The highest BCUT2D eigenvalue weighted by atomic mass is 127. The number of nitrogens with zero attached hydrogens (tertiary/aromatic N) is 2. The summed E-state index contributed by atoms with van der Waals surface area (Å²) in [6.45, 7) is 6.88. The average molecular weight is 517 g/mol. The zero-order valence-electron chi connectivity index (χ0n) is 12.6. The second kappa shape index (κ2) is 7.01. The maximum atomic E-state index is 11.7. The second-order valence-corrected chi connectivity index (χ2v) is 8.30. The predicted octanol–water partition coefficient (Wildman–Crippen LogP) is 3.88. The van der Waals surface area contributed by atoms with Crippen molar-refractivity contribution in [1.82, 2.24) is 14.9 Å². The number of halogens is 2. The molecule has 1 heterocycles. The largest absolute Gasteiger partial charge is 0.444 e. The molecule has 7 heteroatoms. The first-order chi connectivity index (χ1) is 9.78. The number of alkyl carbamates (subject to hydrolysis) is 1. The van der Waals surface area contributed by atoms with E-state index >= 15 is 0 Å². The molecular formula is C14H21I2N3O2. The van der Waals surface area contributed by atoms with E-state index < -0.39 is 5.60 Å². The standard InChI is InChI=1S/C14H21I2N3O2/c1-14(2,3)21-13(20)17-7-8-19-11(16)10(15)18-12(19)9-5-4-6-9/h9H,4-8H2,1-3H3,(H,17,20). The minimum atomic E-state index is -0.458. The Balaban J connectivity index is 1.92. The molecule has 1 aromatic heterocycles. The minimum Gasteiger partial charge on any atom is -0.444 e. The summed E-state index contributed by atoms with van der Waals surface area (Å²) in [5.74, 6) is 1.75. The van der Waals surface area contributed by atoms with Crippen LogP contribution >= 0.6 is 45.2 Å². The van der Waals surface area contributed by atoms with Crippen LogP contribution in [0.5, 0.6) is 0 Å². The number of rotatable bonds is 4. The predicted molar refractivity (Wildman–Crippen MR) is 98.5 cm³/mol. The molecule has 0 bridgehead atoms. The van der Waals surface area contributed by atoms with Crippen molar-refractivity contribution in [3.63, 3.8) is 0 Å². The van der Waals surface area contributed by atoms with E-state index in [9.17, 15) is 4.79 Å². The molecule has 1 aliphatic rings. The fraction of sp³-hybridized carbons (Fsp3) is 0.714. The van der Waals surface area contributed by atoms with Crippen molar-refractivity contribution in [1.29, 1.82) is 0 Å². The molecule has 1 fully saturated rings. The topological polar surface area (TPSA) is 56.1 Å². The van der Waals surface area contributed by atoms with Gasteiger partial charge >= 0.3 is 6.09 Å². The van der Waals surface area contributed by atoms with Gasteiger partial charge in [0, 0.05) is 19.0 Å². The van der Waals surface area contributed by atoms with Gasteiger partial charge in [-0.05, 0) is 78.8 Å². The van der Waals surface area contributed by atoms with Gasteiger partial charge in [-0.25, -0.2) is 9.78 Å². The summed E-state index contributed by atoms with van der Waals surface area (Å²) in [6, 6.07) is 0. The number of carbonyl (C=O) groups is 1. The lowest BCUT2D eigenvalue weighted by Crippen LogP contribution is -2.34. The van der Waals surface area contributed by atoms with Gasteiger partial charge in [-0.15, -0.1) is 0 Å². The van der Waals surface area contributed by atoms with Crippen LogP contribution in [0.2, 0.25) is 0 Å². The number of carbonyl (C=O) groups excluding carboxylic acids is 1. The van der Waals surface area contributed by atoms with Gasteiger partial charge in [0.1, 0.15) is 18.8 Å². The summed E-state index contributed by atoms with van der Waals surface area (Å²) < 4.78 is 9.67. The summed E-state index contributed by atoms with van der Waals surface area (Å²) in [5, 5.41) is 2.81. The summed E-state index contributed by atoms with van der Waals surface area (Å²) in [7, 11) is 0. The molecule has 2 rings (SSSR count). The molecule has 5 nitrogen and oxygen atoms in total. The normalized spacial score (nSPS) is 15.7. The Labute approximate surface area is 152 Å². The quantitative estimate of drug-likeness (QED) is 0.618. The first-order valence-electron chi connectivity index (χ1n) is 7.16. The van der Waals surface area contributed by atoms with Crippen LogP contribution in [-0.2, 0) is 11.3 Å². The van der Waals surface area contributed by atoms with E-state index in [1.165, 1.54) is 25.1 Å². The maximum Gasteiger partial charge on any atom is 0.407 e. The molecule has 0 atom stereocenters. The fourth-order valence-corrected chi connectivity index (χ4v) is 3.34. The van der Waals surface area contributed by atoms with Crippen molar-refractivity contribution in [2.45, 2.75) is 58.1 Å². The molecule has 0 saturated heterocycles. The van der Waals surface area contributed by atoms with Gasteiger partial charge in [-0.2, -0.15) is 0 Å². The highest BCUT2D eigenvalue weighted by Gasteiger charge is 2.26. The van der Waals surface area contributed by atoms with Crippen LogP contribution in [0.1, 0.15) is 51.8 Å². The van der Waals surface area contributed by atoms with Gasteiger partial charge in [-0.3, -0.25) is 0 Å². The SMILES string of the molecule is CC(C)(C)OC(=O)NCCn1c(C2CCC2)nc(I)c1I. The van der Waals surface area contributed by atoms with E-state index in [1.54, 1.807) is 0 Å². The Kier molecular flexibility index (Phi) is 5.77. The number of hydrogen-bond donors (Lipinski definition) is 1. The second-order valence-electron chi connectivity index (χ2n) is 6.26. The molecular weight excluding hydrogens is 496 g/mol. The summed E-state index contributed by atoms with van der Waals surface area (Å²) in [4.78, 5) is 16.4. The van der Waals surface area contributed by atoms with E-state index in [1.807, 2.05) is 20.8 Å². The highest BCUT2D eigenvalue weighted by molar-refractivity contribution is 14.1. The van der Waals surface area contributed by atoms with Gasteiger partial charge < -0.3 is 14.6 Å². The molecule has 0 unspecified atom stereocenters. The lowest BCUT2D eigenvalue weighted by atomic mass is 9.85. The number of hydrogen-bond acceptors (Lipinski definition) is 3. The number of nitrogens with one attached hydrogen (secondary N) is 1. The zero-order chi connectivity index (χ0) is 15.6. The van der Waals surface area contributed by atoms with Crippen LogP contribution in [-0.4, -0.2) is 27.8 Å². The van der Waals surface area contributed by atoms with Crippen molar-refractivity contribution in [2.75, 3.05) is 6.54 Å². The Bertz CT molecular complexity index is 519. The van der Waals surface area contributed by atoms with Gasteiger partial charge in [0.25, 0.3) is 0 Å². The van der Waals surface area contributed by atoms with Gasteiger partial charge in [-0.1, -0.05) is 6.42 Å². The molecule has 1 N–H and O–H groups in total. The zero-order valence-corrected chi connectivity index (χ0v) is 16.9. The van der Waals surface area contributed by atoms with E-state index in [0.717, 1.165) is 13.9 Å². The molecule has 1 amide bonds. The average Bonchev–Trinajstić information content (AvgIpc) is 2.52. The Morgan fingerprint density at radius 3 is 2.62 bits per heavy atom. The van der Waals surface area contributed by atoms with Crippen molar-refractivity contribution in [2.24, 2.45) is 0 Å². The van der Waals surface area contributed by atoms with Gasteiger partial charge in [0.05, 0.1) is 0 Å². The first-order valence-corrected chi connectivity index (χ1v) is 9.32. The van der Waals surface area contributed by atoms with E-state index in [0.29, 0.717) is 12.5 Å². The van der Waals surface area contributed by atoms with Gasteiger partial charge in [0.2, 0.25) is 0 Å². The van der Waals surface area contributed by atoms with Gasteiger partial charge in [0.15, 0.2) is 0 Å². The lowest BCUT2D eigenvalue weighted by Gasteiger charge is -2.26. The third kappa shape index (κ3) is 4.70. The van der Waals surface area contributed by atoms with Crippen LogP contribution < -0.4 is 5.32 Å². The lowest BCUT2D eigenvalue weighted by molar-refractivity contribution is 0.0526. The van der Waals surface area contributed by atoms with E-state index in [-0.39, 0.29) is 6.09 Å². The third-order valence-corrected chi connectivity index (χ3v) is 6.25. The maximum absolute atomic E-state index is 11.7. The molecule has 1 aliphatic carbocycles. The summed E-state index contributed by atoms with van der Waals surface area (Å²) in [6.07, 6.45) is 3.38. The summed E-state index contributed by atoms with van der Waals surface area (Å²) in [5.41, 5.74) is -0.458.